The van der Waals surface area contributed by atoms with E-state index in [1.165, 1.54) is 36.2 Å². The average Bonchev–Trinajstić information content (AvgIpc) is 3.31. The minimum atomic E-state index is -3.14. The molecule has 0 spiro atoms. The van der Waals surface area contributed by atoms with Crippen molar-refractivity contribution in [1.82, 2.24) is 14.5 Å². The van der Waals surface area contributed by atoms with Crippen molar-refractivity contribution in [2.75, 3.05) is 32.9 Å². The molecule has 0 aromatic carbocycles. The molecule has 0 aromatic heterocycles. The van der Waals surface area contributed by atoms with Gasteiger partial charge in [-0.15, -0.1) is 0 Å². The molecule has 0 heterocycles. The largest absolute Gasteiger partial charge is 0.338 e. The van der Waals surface area contributed by atoms with E-state index in [1.54, 1.807) is 0 Å². The van der Waals surface area contributed by atoms with Gasteiger partial charge in [0.25, 0.3) is 0 Å². The van der Waals surface area contributed by atoms with Crippen LogP contribution in [0.3, 0.4) is 0 Å². The van der Waals surface area contributed by atoms with Crippen LogP contribution in [0.15, 0.2) is 0 Å². The Kier molecular flexibility index (Phi) is 5.71. The topological polar surface area (TPSA) is 69.7 Å². The van der Waals surface area contributed by atoms with Crippen molar-refractivity contribution in [2.45, 2.75) is 45.1 Å². The van der Waals surface area contributed by atoms with Crippen molar-refractivity contribution in [3.8, 4) is 0 Å². The minimum Gasteiger partial charge on any atom is -0.338 e. The summed E-state index contributed by atoms with van der Waals surface area (Å²) in [6.45, 7) is 3.26. The Bertz CT molecular complexity index is 474. The third-order valence-electron chi connectivity index (χ3n) is 4.66. The fourth-order valence-corrected chi connectivity index (χ4v) is 4.09. The van der Waals surface area contributed by atoms with Crippen LogP contribution in [0, 0.1) is 11.8 Å². The van der Waals surface area contributed by atoms with E-state index >= 15 is 0 Å². The molecule has 6 nitrogen and oxygen atoms in total. The summed E-state index contributed by atoms with van der Waals surface area (Å²) in [6, 6.07) is 0.384. The van der Waals surface area contributed by atoms with Gasteiger partial charge in [-0.2, -0.15) is 0 Å². The van der Waals surface area contributed by atoms with Crippen LogP contribution in [0.4, 0.5) is 4.79 Å². The van der Waals surface area contributed by atoms with Gasteiger partial charge in [-0.1, -0.05) is 6.92 Å². The molecule has 0 aromatic rings. The lowest BCUT2D eigenvalue weighted by molar-refractivity contribution is 0.174. The number of amides is 2. The molecule has 2 amide bonds. The van der Waals surface area contributed by atoms with E-state index in [0.29, 0.717) is 43.9 Å². The van der Waals surface area contributed by atoms with E-state index in [2.05, 4.69) is 5.32 Å². The maximum absolute atomic E-state index is 12.2. The monoisotopic (exact) mass is 331 g/mol. The van der Waals surface area contributed by atoms with E-state index < -0.39 is 10.0 Å². The highest BCUT2D eigenvalue weighted by molar-refractivity contribution is 7.88. The molecule has 2 aliphatic rings. The second-order valence-corrected chi connectivity index (χ2v) is 8.60. The minimum absolute atomic E-state index is 0.0220. The predicted molar refractivity (Wildman–Crippen MR) is 87.1 cm³/mol. The summed E-state index contributed by atoms with van der Waals surface area (Å²) >= 11 is 0. The van der Waals surface area contributed by atoms with E-state index in [4.69, 9.17) is 0 Å². The van der Waals surface area contributed by atoms with Crippen molar-refractivity contribution in [3.63, 3.8) is 0 Å². The number of nitrogens with zero attached hydrogens (tertiary/aromatic N) is 2. The zero-order valence-corrected chi connectivity index (χ0v) is 14.7. The number of sulfonamides is 1. The normalized spacial score (nSPS) is 18.8. The number of hydrogen-bond acceptors (Lipinski definition) is 3. The molecular weight excluding hydrogens is 302 g/mol. The van der Waals surface area contributed by atoms with Crippen molar-refractivity contribution in [1.29, 1.82) is 0 Å². The van der Waals surface area contributed by atoms with Crippen LogP contribution in [0.2, 0.25) is 0 Å². The van der Waals surface area contributed by atoms with Gasteiger partial charge in [0.2, 0.25) is 10.0 Å². The molecule has 0 radical (unpaired) electrons. The van der Waals surface area contributed by atoms with Crippen LogP contribution in [0.25, 0.3) is 0 Å². The highest BCUT2D eigenvalue weighted by Crippen LogP contribution is 2.46. The number of carbonyl (C=O) groups is 1. The molecule has 7 heteroatoms. The average molecular weight is 331 g/mol. The van der Waals surface area contributed by atoms with E-state index in [9.17, 15) is 13.2 Å². The molecule has 1 N–H and O–H groups in total. The highest BCUT2D eigenvalue weighted by Gasteiger charge is 2.44. The number of urea groups is 1. The Hall–Kier alpha value is -0.820. The maximum atomic E-state index is 12.2. The first-order chi connectivity index (χ1) is 10.3. The van der Waals surface area contributed by atoms with Crippen molar-refractivity contribution in [2.24, 2.45) is 11.8 Å². The molecule has 0 bridgehead atoms. The van der Waals surface area contributed by atoms with Crippen LogP contribution < -0.4 is 5.32 Å². The van der Waals surface area contributed by atoms with Crippen LogP contribution in [-0.2, 0) is 10.0 Å². The lowest BCUT2D eigenvalue weighted by atomic mass is 10.1. The Balaban J connectivity index is 1.71. The Morgan fingerprint density at radius 2 is 1.77 bits per heavy atom. The van der Waals surface area contributed by atoms with Gasteiger partial charge in [-0.3, -0.25) is 0 Å². The van der Waals surface area contributed by atoms with Gasteiger partial charge >= 0.3 is 6.03 Å². The molecule has 128 valence electrons. The van der Waals surface area contributed by atoms with Crippen LogP contribution >= 0.6 is 0 Å². The van der Waals surface area contributed by atoms with Gasteiger partial charge in [0, 0.05) is 32.7 Å². The fraction of sp³-hybridized carbons (Fsp3) is 0.933. The summed E-state index contributed by atoms with van der Waals surface area (Å²) in [5, 5.41) is 2.92. The molecule has 0 aliphatic heterocycles. The summed E-state index contributed by atoms with van der Waals surface area (Å²) in [5.74, 6) is 1.40. The second kappa shape index (κ2) is 7.17. The highest BCUT2D eigenvalue weighted by atomic mass is 32.2. The SMILES string of the molecule is CCN(CCCNC(=O)N(C)C(C1CC1)C1CC1)S(C)(=O)=O. The summed E-state index contributed by atoms with van der Waals surface area (Å²) in [4.78, 5) is 14.1. The van der Waals surface area contributed by atoms with Gasteiger partial charge < -0.3 is 10.2 Å². The number of rotatable bonds is 9. The Morgan fingerprint density at radius 3 is 2.18 bits per heavy atom. The lowest BCUT2D eigenvalue weighted by Gasteiger charge is -2.28. The zero-order valence-electron chi connectivity index (χ0n) is 13.9. The molecule has 2 aliphatic carbocycles. The molecular formula is C15H29N3O3S. The number of hydrogen-bond donors (Lipinski definition) is 1. The Labute approximate surface area is 134 Å². The smallest absolute Gasteiger partial charge is 0.317 e. The number of carbonyl (C=O) groups excluding carboxylic acids is 1. The van der Waals surface area contributed by atoms with E-state index in [-0.39, 0.29) is 6.03 Å². The molecule has 0 atom stereocenters. The summed E-state index contributed by atoms with van der Waals surface area (Å²) in [5.41, 5.74) is 0. The number of nitrogens with one attached hydrogen (secondary N) is 1. The first kappa shape index (κ1) is 17.5. The summed E-state index contributed by atoms with van der Waals surface area (Å²) in [7, 11) is -1.25. The summed E-state index contributed by atoms with van der Waals surface area (Å²) < 4.78 is 24.4. The van der Waals surface area contributed by atoms with Gasteiger partial charge in [0.1, 0.15) is 0 Å². The summed E-state index contributed by atoms with van der Waals surface area (Å²) in [6.07, 6.45) is 6.85. The Morgan fingerprint density at radius 1 is 1.23 bits per heavy atom. The van der Waals surface area contributed by atoms with Gasteiger partial charge in [-0.05, 0) is 43.9 Å². The maximum Gasteiger partial charge on any atom is 0.317 e. The van der Waals surface area contributed by atoms with Gasteiger partial charge in [0.05, 0.1) is 6.26 Å². The van der Waals surface area contributed by atoms with Gasteiger partial charge in [-0.25, -0.2) is 17.5 Å². The quantitative estimate of drug-likeness (QED) is 0.651. The van der Waals surface area contributed by atoms with Crippen molar-refractivity contribution < 1.29 is 13.2 Å². The lowest BCUT2D eigenvalue weighted by Crippen LogP contribution is -2.46. The fourth-order valence-electron chi connectivity index (χ4n) is 3.16. The van der Waals surface area contributed by atoms with E-state index in [0.717, 1.165) is 0 Å². The van der Waals surface area contributed by atoms with Crippen LogP contribution in [0.5, 0.6) is 0 Å². The molecule has 2 rings (SSSR count). The van der Waals surface area contributed by atoms with Crippen molar-refractivity contribution in [3.05, 3.63) is 0 Å². The predicted octanol–water partition coefficient (Wildman–Crippen LogP) is 1.49. The van der Waals surface area contributed by atoms with E-state index in [1.807, 2.05) is 18.9 Å². The first-order valence-electron chi connectivity index (χ1n) is 8.30. The van der Waals surface area contributed by atoms with Crippen molar-refractivity contribution >= 4 is 16.1 Å². The van der Waals surface area contributed by atoms with Gasteiger partial charge in [0.15, 0.2) is 0 Å². The third kappa shape index (κ3) is 4.84. The molecule has 2 saturated carbocycles. The third-order valence-corrected chi connectivity index (χ3v) is 6.04. The van der Waals surface area contributed by atoms with Crippen LogP contribution in [0.1, 0.15) is 39.0 Å². The first-order valence-corrected chi connectivity index (χ1v) is 10.1. The molecule has 0 unspecified atom stereocenters. The zero-order chi connectivity index (χ0) is 16.3. The second-order valence-electron chi connectivity index (χ2n) is 6.62. The molecule has 22 heavy (non-hydrogen) atoms. The molecule has 2 fully saturated rings. The molecule has 0 saturated heterocycles. The van der Waals surface area contributed by atoms with Crippen LogP contribution in [-0.4, -0.2) is 62.6 Å². The standard InChI is InChI=1S/C15H29N3O3S/c1-4-18(22(3,20)21)11-5-10-16-15(19)17(2)14(12-6-7-12)13-8-9-13/h12-14H,4-11H2,1-3H3,(H,16,19).